The van der Waals surface area contributed by atoms with E-state index in [0.717, 1.165) is 14.9 Å². The van der Waals surface area contributed by atoms with Crippen molar-refractivity contribution in [1.82, 2.24) is 4.90 Å². The number of carbonyl (C=O) groups excluding carboxylic acids is 2. The van der Waals surface area contributed by atoms with Gasteiger partial charge in [-0.3, -0.25) is 9.59 Å². The molecule has 3 amide bonds. The summed E-state index contributed by atoms with van der Waals surface area (Å²) in [5.41, 5.74) is 6.30. The zero-order valence-electron chi connectivity index (χ0n) is 10.7. The van der Waals surface area contributed by atoms with Gasteiger partial charge in [0.15, 0.2) is 0 Å². The third-order valence-corrected chi connectivity index (χ3v) is 3.33. The van der Waals surface area contributed by atoms with Crippen LogP contribution in [0.4, 0.5) is 10.5 Å². The van der Waals surface area contributed by atoms with Crippen LogP contribution >= 0.6 is 15.9 Å². The van der Waals surface area contributed by atoms with Crippen LogP contribution in [0.25, 0.3) is 0 Å². The molecule has 0 saturated heterocycles. The van der Waals surface area contributed by atoms with Crippen LogP contribution in [0.3, 0.4) is 0 Å². The number of nitrogens with one attached hydrogen (secondary N) is 1. The SMILES string of the molecule is Cc1c(Br)cccc1NC(=O)N(CC(N)=O)CC(=O)O. The molecule has 0 heterocycles. The number of rotatable bonds is 5. The Morgan fingerprint density at radius 2 is 2.00 bits per heavy atom. The van der Waals surface area contributed by atoms with Crippen molar-refractivity contribution in [3.8, 4) is 0 Å². The van der Waals surface area contributed by atoms with E-state index in [2.05, 4.69) is 21.2 Å². The maximum Gasteiger partial charge on any atom is 0.323 e. The summed E-state index contributed by atoms with van der Waals surface area (Å²) in [4.78, 5) is 34.4. The van der Waals surface area contributed by atoms with Gasteiger partial charge in [-0.05, 0) is 24.6 Å². The highest BCUT2D eigenvalue weighted by Gasteiger charge is 2.19. The molecule has 0 aliphatic carbocycles. The van der Waals surface area contributed by atoms with E-state index in [0.29, 0.717) is 5.69 Å². The van der Waals surface area contributed by atoms with Gasteiger partial charge in [-0.15, -0.1) is 0 Å². The molecular formula is C12H14BrN3O4. The van der Waals surface area contributed by atoms with Crippen molar-refractivity contribution in [3.63, 3.8) is 0 Å². The zero-order valence-corrected chi connectivity index (χ0v) is 12.3. The Balaban J connectivity index is 2.87. The summed E-state index contributed by atoms with van der Waals surface area (Å²) in [6.45, 7) is 0.711. The lowest BCUT2D eigenvalue weighted by atomic mass is 10.2. The Bertz CT molecular complexity index is 532. The smallest absolute Gasteiger partial charge is 0.323 e. The molecule has 0 unspecified atom stereocenters. The number of carboxylic acid groups (broad SMARTS) is 1. The molecule has 4 N–H and O–H groups in total. The summed E-state index contributed by atoms with van der Waals surface area (Å²) < 4.78 is 0.801. The predicted molar refractivity (Wildman–Crippen MR) is 76.3 cm³/mol. The van der Waals surface area contributed by atoms with Gasteiger partial charge in [0.05, 0.1) is 0 Å². The largest absolute Gasteiger partial charge is 0.480 e. The van der Waals surface area contributed by atoms with Gasteiger partial charge in [-0.1, -0.05) is 22.0 Å². The van der Waals surface area contributed by atoms with Crippen LogP contribution in [0.15, 0.2) is 22.7 Å². The Labute approximate surface area is 123 Å². The molecule has 1 rings (SSSR count). The van der Waals surface area contributed by atoms with Crippen LogP contribution in [0.1, 0.15) is 5.56 Å². The molecule has 0 aliphatic rings. The number of carbonyl (C=O) groups is 3. The number of amides is 3. The Kier molecular flexibility index (Phi) is 5.51. The highest BCUT2D eigenvalue weighted by Crippen LogP contribution is 2.23. The zero-order chi connectivity index (χ0) is 15.3. The minimum absolute atomic E-state index is 0.467. The highest BCUT2D eigenvalue weighted by atomic mass is 79.9. The molecule has 0 fully saturated rings. The molecule has 0 bridgehead atoms. The number of halogens is 1. The Hall–Kier alpha value is -2.09. The molecule has 1 aromatic carbocycles. The van der Waals surface area contributed by atoms with Crippen molar-refractivity contribution in [2.24, 2.45) is 5.73 Å². The summed E-state index contributed by atoms with van der Waals surface area (Å²) >= 11 is 3.32. The number of hydrogen-bond acceptors (Lipinski definition) is 3. The average molecular weight is 344 g/mol. The Morgan fingerprint density at radius 3 is 2.55 bits per heavy atom. The molecule has 8 heteroatoms. The van der Waals surface area contributed by atoms with E-state index < -0.39 is 31.0 Å². The number of hydrogen-bond donors (Lipinski definition) is 3. The number of anilines is 1. The summed E-state index contributed by atoms with van der Waals surface area (Å²) in [6, 6.07) is 4.50. The van der Waals surface area contributed by atoms with Crippen LogP contribution in [0.5, 0.6) is 0 Å². The van der Waals surface area contributed by atoms with E-state index in [9.17, 15) is 14.4 Å². The van der Waals surface area contributed by atoms with Gasteiger partial charge in [-0.2, -0.15) is 0 Å². The molecule has 0 atom stereocenters. The predicted octanol–water partition coefficient (Wildman–Crippen LogP) is 1.16. The van der Waals surface area contributed by atoms with Gasteiger partial charge in [0.25, 0.3) is 0 Å². The topological polar surface area (TPSA) is 113 Å². The minimum atomic E-state index is -1.23. The van der Waals surface area contributed by atoms with Crippen molar-refractivity contribution in [2.45, 2.75) is 6.92 Å². The van der Waals surface area contributed by atoms with Gasteiger partial charge in [-0.25, -0.2) is 4.79 Å². The first-order chi connectivity index (χ1) is 9.31. The lowest BCUT2D eigenvalue weighted by molar-refractivity contribution is -0.137. The number of primary amides is 1. The van der Waals surface area contributed by atoms with Crippen LogP contribution in [-0.4, -0.2) is 41.0 Å². The molecule has 0 radical (unpaired) electrons. The van der Waals surface area contributed by atoms with Crippen LogP contribution in [-0.2, 0) is 9.59 Å². The first kappa shape index (κ1) is 16.0. The number of nitrogens with zero attached hydrogens (tertiary/aromatic N) is 1. The van der Waals surface area contributed by atoms with Gasteiger partial charge in [0.2, 0.25) is 5.91 Å². The third-order valence-electron chi connectivity index (χ3n) is 2.47. The fourth-order valence-electron chi connectivity index (χ4n) is 1.49. The van der Waals surface area contributed by atoms with Crippen LogP contribution in [0.2, 0.25) is 0 Å². The standard InChI is InChI=1S/C12H14BrN3O4/c1-7-8(13)3-2-4-9(7)15-12(20)16(5-10(14)17)6-11(18)19/h2-4H,5-6H2,1H3,(H2,14,17)(H,15,20)(H,18,19). The van der Waals surface area contributed by atoms with Crippen molar-refractivity contribution < 1.29 is 19.5 Å². The molecule has 1 aromatic rings. The molecule has 7 nitrogen and oxygen atoms in total. The molecule has 108 valence electrons. The Morgan fingerprint density at radius 1 is 1.35 bits per heavy atom. The summed E-state index contributed by atoms with van der Waals surface area (Å²) in [5, 5.41) is 11.3. The van der Waals surface area contributed by atoms with E-state index in [-0.39, 0.29) is 0 Å². The van der Waals surface area contributed by atoms with E-state index >= 15 is 0 Å². The second-order valence-electron chi connectivity index (χ2n) is 4.06. The number of aliphatic carboxylic acids is 1. The number of nitrogens with two attached hydrogens (primary N) is 1. The average Bonchev–Trinajstić information content (AvgIpc) is 2.33. The monoisotopic (exact) mass is 343 g/mol. The molecule has 0 aliphatic heterocycles. The lowest BCUT2D eigenvalue weighted by Gasteiger charge is -2.20. The van der Waals surface area contributed by atoms with E-state index in [1.165, 1.54) is 0 Å². The van der Waals surface area contributed by atoms with Crippen molar-refractivity contribution in [3.05, 3.63) is 28.2 Å². The van der Waals surface area contributed by atoms with E-state index in [1.54, 1.807) is 19.1 Å². The molecular weight excluding hydrogens is 330 g/mol. The van der Waals surface area contributed by atoms with Crippen molar-refractivity contribution >= 4 is 39.5 Å². The minimum Gasteiger partial charge on any atom is -0.480 e. The van der Waals surface area contributed by atoms with Crippen LogP contribution < -0.4 is 11.1 Å². The van der Waals surface area contributed by atoms with Crippen molar-refractivity contribution in [2.75, 3.05) is 18.4 Å². The molecule has 20 heavy (non-hydrogen) atoms. The highest BCUT2D eigenvalue weighted by molar-refractivity contribution is 9.10. The lowest BCUT2D eigenvalue weighted by Crippen LogP contribution is -2.43. The fourth-order valence-corrected chi connectivity index (χ4v) is 1.85. The van der Waals surface area contributed by atoms with Gasteiger partial charge < -0.3 is 21.1 Å². The van der Waals surface area contributed by atoms with Gasteiger partial charge in [0.1, 0.15) is 13.1 Å². The maximum atomic E-state index is 12.0. The van der Waals surface area contributed by atoms with E-state index in [4.69, 9.17) is 10.8 Å². The van der Waals surface area contributed by atoms with Gasteiger partial charge >= 0.3 is 12.0 Å². The number of carboxylic acids is 1. The van der Waals surface area contributed by atoms with Crippen LogP contribution in [0, 0.1) is 6.92 Å². The second-order valence-corrected chi connectivity index (χ2v) is 4.91. The first-order valence-electron chi connectivity index (χ1n) is 5.62. The first-order valence-corrected chi connectivity index (χ1v) is 6.41. The molecule has 0 aromatic heterocycles. The number of benzene rings is 1. The quantitative estimate of drug-likeness (QED) is 0.744. The molecule has 0 spiro atoms. The fraction of sp³-hybridized carbons (Fsp3) is 0.250. The maximum absolute atomic E-state index is 12.0. The third kappa shape index (κ3) is 4.54. The molecule has 0 saturated carbocycles. The summed E-state index contributed by atoms with van der Waals surface area (Å²) in [5.74, 6) is -2.01. The normalized spacial score (nSPS) is 9.90. The second kappa shape index (κ2) is 6.90. The summed E-state index contributed by atoms with van der Waals surface area (Å²) in [7, 11) is 0. The van der Waals surface area contributed by atoms with Crippen molar-refractivity contribution in [1.29, 1.82) is 0 Å². The number of urea groups is 1. The van der Waals surface area contributed by atoms with Gasteiger partial charge in [0, 0.05) is 10.2 Å². The van der Waals surface area contributed by atoms with E-state index in [1.807, 2.05) is 6.07 Å². The summed E-state index contributed by atoms with van der Waals surface area (Å²) in [6.07, 6.45) is 0.